The third kappa shape index (κ3) is 2.32. The number of nitrogens with one attached hydrogen (secondary N) is 1. The van der Waals surface area contributed by atoms with Crippen molar-refractivity contribution >= 4 is 0 Å². The molecular formula is C18H28N2. The molecule has 0 radical (unpaired) electrons. The maximum atomic E-state index is 3.99. The quantitative estimate of drug-likeness (QED) is 0.858. The molecule has 4 aliphatic rings. The third-order valence-electron chi connectivity index (χ3n) is 6.00. The molecule has 2 heteroatoms. The van der Waals surface area contributed by atoms with Crippen LogP contribution in [-0.4, -0.2) is 10.1 Å². The molecular weight excluding hydrogens is 244 g/mol. The summed E-state index contributed by atoms with van der Waals surface area (Å²) in [6, 6.07) is 2.29. The van der Waals surface area contributed by atoms with Crippen molar-refractivity contribution in [1.29, 1.82) is 0 Å². The fourth-order valence-electron chi connectivity index (χ4n) is 5.61. The number of aryl methyl sites for hydroxylation is 1. The smallest absolute Gasteiger partial charge is 0.0225 e. The zero-order valence-corrected chi connectivity index (χ0v) is 12.8. The summed E-state index contributed by atoms with van der Waals surface area (Å²) in [5.41, 5.74) is 1.97. The van der Waals surface area contributed by atoms with Crippen LogP contribution in [0.3, 0.4) is 0 Å². The average Bonchev–Trinajstić information content (AvgIpc) is 2.83. The molecule has 0 aromatic carbocycles. The van der Waals surface area contributed by atoms with Gasteiger partial charge in [0.15, 0.2) is 0 Å². The first kappa shape index (κ1) is 12.9. The summed E-state index contributed by atoms with van der Waals surface area (Å²) in [4.78, 5) is 0. The fraction of sp³-hybridized carbons (Fsp3) is 0.778. The van der Waals surface area contributed by atoms with E-state index in [-0.39, 0.29) is 0 Å². The summed E-state index contributed by atoms with van der Waals surface area (Å²) in [7, 11) is 0. The summed E-state index contributed by atoms with van der Waals surface area (Å²) in [6.45, 7) is 4.47. The van der Waals surface area contributed by atoms with Gasteiger partial charge in [-0.3, -0.25) is 0 Å². The van der Waals surface area contributed by atoms with Gasteiger partial charge in [-0.15, -0.1) is 0 Å². The Morgan fingerprint density at radius 2 is 1.80 bits per heavy atom. The van der Waals surface area contributed by atoms with Crippen molar-refractivity contribution < 1.29 is 0 Å². The lowest BCUT2D eigenvalue weighted by atomic mass is 9.53. The van der Waals surface area contributed by atoms with Crippen LogP contribution in [0.25, 0.3) is 0 Å². The van der Waals surface area contributed by atoms with E-state index in [4.69, 9.17) is 0 Å². The Hall–Kier alpha value is -0.760. The number of rotatable bonds is 5. The van der Waals surface area contributed by atoms with E-state index >= 15 is 0 Å². The summed E-state index contributed by atoms with van der Waals surface area (Å²) in [5.74, 6) is 3.12. The van der Waals surface area contributed by atoms with Crippen LogP contribution in [0, 0.1) is 17.8 Å². The molecule has 0 amide bonds. The van der Waals surface area contributed by atoms with E-state index in [1.165, 1.54) is 50.5 Å². The number of hydrogen-bond acceptors (Lipinski definition) is 1. The van der Waals surface area contributed by atoms with E-state index in [2.05, 4.69) is 35.3 Å². The lowest BCUT2D eigenvalue weighted by Gasteiger charge is -2.57. The van der Waals surface area contributed by atoms with E-state index in [9.17, 15) is 0 Å². The van der Waals surface area contributed by atoms with Crippen LogP contribution in [-0.2, 0) is 13.1 Å². The molecule has 4 aliphatic carbocycles. The van der Waals surface area contributed by atoms with Crippen LogP contribution in [0.4, 0.5) is 0 Å². The summed E-state index contributed by atoms with van der Waals surface area (Å²) in [5, 5.41) is 3.99. The van der Waals surface area contributed by atoms with Crippen molar-refractivity contribution in [2.75, 3.05) is 0 Å². The second-order valence-electron chi connectivity index (χ2n) is 7.81. The molecule has 4 bridgehead atoms. The van der Waals surface area contributed by atoms with Crippen LogP contribution in [0.1, 0.15) is 57.4 Å². The highest BCUT2D eigenvalue weighted by atomic mass is 15.0. The highest BCUT2D eigenvalue weighted by molar-refractivity contribution is 5.13. The Labute approximate surface area is 122 Å². The van der Waals surface area contributed by atoms with Gasteiger partial charge < -0.3 is 9.88 Å². The lowest BCUT2D eigenvalue weighted by molar-refractivity contribution is -0.0206. The largest absolute Gasteiger partial charge is 0.354 e. The molecule has 110 valence electrons. The number of aromatic nitrogens is 1. The van der Waals surface area contributed by atoms with Gasteiger partial charge in [-0.2, -0.15) is 0 Å². The molecule has 20 heavy (non-hydrogen) atoms. The van der Waals surface area contributed by atoms with Crippen LogP contribution in [0.2, 0.25) is 0 Å². The Morgan fingerprint density at radius 3 is 2.40 bits per heavy atom. The molecule has 4 saturated carbocycles. The van der Waals surface area contributed by atoms with Gasteiger partial charge in [-0.1, -0.05) is 6.92 Å². The first-order valence-corrected chi connectivity index (χ1v) is 8.64. The minimum absolute atomic E-state index is 0.502. The molecule has 0 spiro atoms. The fourth-order valence-corrected chi connectivity index (χ4v) is 5.61. The standard InChI is InChI=1S/C18H28N2/c1-2-4-20-5-3-14(13-20)12-19-18-9-15-6-16(10-18)8-17(7-15)11-18/h3,5,13,15-17,19H,2,4,6-12H2,1H3. The van der Waals surface area contributed by atoms with Crippen molar-refractivity contribution in [1.82, 2.24) is 9.88 Å². The minimum Gasteiger partial charge on any atom is -0.354 e. The van der Waals surface area contributed by atoms with Gasteiger partial charge in [0.05, 0.1) is 0 Å². The van der Waals surface area contributed by atoms with E-state index in [1.807, 2.05) is 0 Å². The molecule has 1 heterocycles. The second kappa shape index (κ2) is 4.91. The maximum absolute atomic E-state index is 3.99. The monoisotopic (exact) mass is 272 g/mol. The van der Waals surface area contributed by atoms with Gasteiger partial charge in [-0.25, -0.2) is 0 Å². The molecule has 1 aromatic rings. The summed E-state index contributed by atoms with van der Waals surface area (Å²) >= 11 is 0. The first-order valence-electron chi connectivity index (χ1n) is 8.64. The van der Waals surface area contributed by atoms with Gasteiger partial charge in [-0.05, 0) is 74.3 Å². The molecule has 2 nitrogen and oxygen atoms in total. The maximum Gasteiger partial charge on any atom is 0.0225 e. The summed E-state index contributed by atoms with van der Waals surface area (Å²) in [6.07, 6.45) is 14.8. The Kier molecular flexibility index (Phi) is 3.17. The third-order valence-corrected chi connectivity index (χ3v) is 6.00. The topological polar surface area (TPSA) is 17.0 Å². The van der Waals surface area contributed by atoms with Gasteiger partial charge in [0, 0.05) is 31.0 Å². The molecule has 1 N–H and O–H groups in total. The Balaban J connectivity index is 1.41. The van der Waals surface area contributed by atoms with E-state index in [0.717, 1.165) is 30.8 Å². The molecule has 0 saturated heterocycles. The van der Waals surface area contributed by atoms with Gasteiger partial charge in [0.25, 0.3) is 0 Å². The van der Waals surface area contributed by atoms with Crippen molar-refractivity contribution in [3.8, 4) is 0 Å². The van der Waals surface area contributed by atoms with Crippen LogP contribution < -0.4 is 5.32 Å². The van der Waals surface area contributed by atoms with Crippen molar-refractivity contribution in [3.05, 3.63) is 24.0 Å². The molecule has 0 unspecified atom stereocenters. The average molecular weight is 272 g/mol. The lowest BCUT2D eigenvalue weighted by Crippen LogP contribution is -2.58. The Bertz CT molecular complexity index is 438. The zero-order valence-electron chi connectivity index (χ0n) is 12.8. The molecule has 5 rings (SSSR count). The van der Waals surface area contributed by atoms with Crippen molar-refractivity contribution in [2.45, 2.75) is 70.5 Å². The van der Waals surface area contributed by atoms with Crippen LogP contribution >= 0.6 is 0 Å². The molecule has 0 atom stereocenters. The highest BCUT2D eigenvalue weighted by Crippen LogP contribution is 2.55. The van der Waals surface area contributed by atoms with Gasteiger partial charge in [0.2, 0.25) is 0 Å². The molecule has 1 aromatic heterocycles. The van der Waals surface area contributed by atoms with E-state index < -0.39 is 0 Å². The number of hydrogen-bond donors (Lipinski definition) is 1. The zero-order chi connectivity index (χ0) is 13.6. The predicted octanol–water partition coefficient (Wildman–Crippen LogP) is 3.96. The highest BCUT2D eigenvalue weighted by Gasteiger charge is 2.50. The molecule has 4 fully saturated rings. The first-order chi connectivity index (χ1) is 9.75. The summed E-state index contributed by atoms with van der Waals surface area (Å²) < 4.78 is 2.33. The molecule has 0 aliphatic heterocycles. The minimum atomic E-state index is 0.502. The normalized spacial score (nSPS) is 38.5. The van der Waals surface area contributed by atoms with E-state index in [1.54, 1.807) is 0 Å². The predicted molar refractivity (Wildman–Crippen MR) is 82.5 cm³/mol. The SMILES string of the molecule is CCCn1ccc(CNC23CC4CC(CC(C4)C2)C3)c1. The van der Waals surface area contributed by atoms with Crippen molar-refractivity contribution in [3.63, 3.8) is 0 Å². The van der Waals surface area contributed by atoms with Crippen molar-refractivity contribution in [2.24, 2.45) is 17.8 Å². The second-order valence-corrected chi connectivity index (χ2v) is 7.81. The van der Waals surface area contributed by atoms with Crippen LogP contribution in [0.5, 0.6) is 0 Å². The van der Waals surface area contributed by atoms with Gasteiger partial charge in [0.1, 0.15) is 0 Å². The van der Waals surface area contributed by atoms with Crippen LogP contribution in [0.15, 0.2) is 18.5 Å². The number of nitrogens with zero attached hydrogens (tertiary/aromatic N) is 1. The van der Waals surface area contributed by atoms with E-state index in [0.29, 0.717) is 5.54 Å². The Morgan fingerprint density at radius 1 is 1.15 bits per heavy atom. The van der Waals surface area contributed by atoms with Gasteiger partial charge >= 0.3 is 0 Å².